The van der Waals surface area contributed by atoms with Gasteiger partial charge >= 0.3 is 0 Å². The minimum absolute atomic E-state index is 0.470. The number of benzene rings is 1. The first-order valence-electron chi connectivity index (χ1n) is 5.44. The number of aromatic nitrogens is 2. The molecule has 1 aromatic carbocycles. The fourth-order valence-corrected chi connectivity index (χ4v) is 2.33. The minimum Gasteiger partial charge on any atom is -0.343 e. The summed E-state index contributed by atoms with van der Waals surface area (Å²) in [6, 6.07) is 8.51. The van der Waals surface area contributed by atoms with Crippen LogP contribution in [0.25, 0.3) is 11.3 Å². The van der Waals surface area contributed by atoms with Crippen LogP contribution in [0.4, 0.5) is 0 Å². The molecule has 0 fully saturated rings. The summed E-state index contributed by atoms with van der Waals surface area (Å²) in [5.74, 6) is 0. The summed E-state index contributed by atoms with van der Waals surface area (Å²) in [5.41, 5.74) is 5.22. The highest BCUT2D eigenvalue weighted by atomic mass is 14.9. The highest BCUT2D eigenvalue weighted by molar-refractivity contribution is 5.66. The molecule has 1 aliphatic rings. The van der Waals surface area contributed by atoms with E-state index in [9.17, 15) is 0 Å². The second-order valence-corrected chi connectivity index (χ2v) is 4.07. The van der Waals surface area contributed by atoms with Crippen LogP contribution in [-0.2, 0) is 12.8 Å². The molecule has 16 heavy (non-hydrogen) atoms. The van der Waals surface area contributed by atoms with E-state index in [1.807, 2.05) is 0 Å². The van der Waals surface area contributed by atoms with E-state index in [2.05, 4.69) is 34.2 Å². The molecule has 0 radical (unpaired) electrons. The summed E-state index contributed by atoms with van der Waals surface area (Å²) < 4.78 is 0. The molecule has 3 nitrogen and oxygen atoms in total. The molecule has 3 heteroatoms. The van der Waals surface area contributed by atoms with E-state index >= 15 is 0 Å². The van der Waals surface area contributed by atoms with Crippen molar-refractivity contribution in [3.05, 3.63) is 41.3 Å². The molecule has 0 aliphatic heterocycles. The van der Waals surface area contributed by atoms with Crippen molar-refractivity contribution >= 4 is 0 Å². The molecular formula is C13H11N3. The van der Waals surface area contributed by atoms with Crippen molar-refractivity contribution in [2.75, 3.05) is 0 Å². The van der Waals surface area contributed by atoms with Gasteiger partial charge in [-0.05, 0) is 36.5 Å². The molecule has 0 saturated carbocycles. The predicted octanol–water partition coefficient (Wildman–Crippen LogP) is 2.44. The van der Waals surface area contributed by atoms with Gasteiger partial charge in [0.2, 0.25) is 0 Å². The van der Waals surface area contributed by atoms with Gasteiger partial charge in [0.1, 0.15) is 6.07 Å². The van der Waals surface area contributed by atoms with Gasteiger partial charge in [-0.25, -0.2) is 4.98 Å². The summed E-state index contributed by atoms with van der Waals surface area (Å²) in [6.07, 6.45) is 5.15. The van der Waals surface area contributed by atoms with Gasteiger partial charge in [0.15, 0.2) is 5.69 Å². The number of aryl methyl sites for hydroxylation is 2. The number of rotatable bonds is 1. The van der Waals surface area contributed by atoms with Crippen LogP contribution in [0, 0.1) is 11.3 Å². The van der Waals surface area contributed by atoms with Crippen LogP contribution in [0.3, 0.4) is 0 Å². The predicted molar refractivity (Wildman–Crippen MR) is 60.8 cm³/mol. The molecule has 1 N–H and O–H groups in total. The van der Waals surface area contributed by atoms with E-state index in [1.54, 1.807) is 6.33 Å². The number of imidazole rings is 1. The molecule has 78 valence electrons. The molecule has 2 aromatic rings. The number of H-pyrrole nitrogens is 1. The molecule has 1 heterocycles. The lowest BCUT2D eigenvalue weighted by Crippen LogP contribution is -1.87. The van der Waals surface area contributed by atoms with Crippen molar-refractivity contribution in [2.24, 2.45) is 0 Å². The first-order valence-corrected chi connectivity index (χ1v) is 5.44. The zero-order valence-electron chi connectivity index (χ0n) is 8.83. The smallest absolute Gasteiger partial charge is 0.166 e. The Labute approximate surface area is 93.8 Å². The Morgan fingerprint density at radius 3 is 3.00 bits per heavy atom. The largest absolute Gasteiger partial charge is 0.343 e. The van der Waals surface area contributed by atoms with Gasteiger partial charge < -0.3 is 4.98 Å². The Kier molecular flexibility index (Phi) is 2.00. The molecule has 3 rings (SSSR count). The Morgan fingerprint density at radius 2 is 2.12 bits per heavy atom. The van der Waals surface area contributed by atoms with Crippen molar-refractivity contribution in [3.8, 4) is 17.3 Å². The number of hydrogen-bond acceptors (Lipinski definition) is 2. The lowest BCUT2D eigenvalue weighted by Gasteiger charge is -2.03. The first kappa shape index (κ1) is 9.17. The van der Waals surface area contributed by atoms with Crippen molar-refractivity contribution in [1.82, 2.24) is 9.97 Å². The number of fused-ring (bicyclic) bond motifs is 1. The molecule has 0 amide bonds. The van der Waals surface area contributed by atoms with E-state index in [4.69, 9.17) is 5.26 Å². The number of nitrogens with zero attached hydrogens (tertiary/aromatic N) is 2. The molecule has 0 unspecified atom stereocenters. The van der Waals surface area contributed by atoms with Gasteiger partial charge in [0.25, 0.3) is 0 Å². The van der Waals surface area contributed by atoms with Crippen LogP contribution in [0.1, 0.15) is 23.2 Å². The lowest BCUT2D eigenvalue weighted by atomic mass is 10.0. The van der Waals surface area contributed by atoms with Crippen molar-refractivity contribution < 1.29 is 0 Å². The fourth-order valence-electron chi connectivity index (χ4n) is 2.33. The third-order valence-electron chi connectivity index (χ3n) is 3.13. The van der Waals surface area contributed by atoms with E-state index in [0.717, 1.165) is 17.7 Å². The number of nitriles is 1. The highest BCUT2D eigenvalue weighted by Gasteiger charge is 2.13. The summed E-state index contributed by atoms with van der Waals surface area (Å²) in [7, 11) is 0. The second-order valence-electron chi connectivity index (χ2n) is 4.07. The van der Waals surface area contributed by atoms with Crippen LogP contribution >= 0.6 is 0 Å². The topological polar surface area (TPSA) is 52.5 Å². The maximum Gasteiger partial charge on any atom is 0.166 e. The van der Waals surface area contributed by atoms with Gasteiger partial charge in [-0.15, -0.1) is 0 Å². The summed E-state index contributed by atoms with van der Waals surface area (Å²) >= 11 is 0. The quantitative estimate of drug-likeness (QED) is 0.784. The number of aromatic amines is 1. The molecule has 0 saturated heterocycles. The van der Waals surface area contributed by atoms with Gasteiger partial charge in [-0.3, -0.25) is 0 Å². The average Bonchev–Trinajstić information content (AvgIpc) is 2.96. The zero-order valence-corrected chi connectivity index (χ0v) is 8.83. The van der Waals surface area contributed by atoms with Crippen LogP contribution in [0.2, 0.25) is 0 Å². The summed E-state index contributed by atoms with van der Waals surface area (Å²) in [4.78, 5) is 7.02. The monoisotopic (exact) mass is 209 g/mol. The molecular weight excluding hydrogens is 198 g/mol. The minimum atomic E-state index is 0.470. The standard InChI is InChI=1S/C13H11N3/c14-7-12-13(16-8-15-12)11-5-4-9-2-1-3-10(9)6-11/h4-6,8H,1-3H2,(H,15,16). The Hall–Kier alpha value is -2.08. The molecule has 1 aliphatic carbocycles. The van der Waals surface area contributed by atoms with Gasteiger partial charge in [-0.2, -0.15) is 5.26 Å². The van der Waals surface area contributed by atoms with Crippen LogP contribution in [-0.4, -0.2) is 9.97 Å². The second kappa shape index (κ2) is 3.49. The Balaban J connectivity index is 2.11. The third-order valence-corrected chi connectivity index (χ3v) is 3.13. The Morgan fingerprint density at radius 1 is 1.25 bits per heavy atom. The first-order chi connectivity index (χ1) is 7.88. The van der Waals surface area contributed by atoms with E-state index in [1.165, 1.54) is 24.0 Å². The summed E-state index contributed by atoms with van der Waals surface area (Å²) in [5, 5.41) is 8.93. The fraction of sp³-hybridized carbons (Fsp3) is 0.231. The van der Waals surface area contributed by atoms with Crippen molar-refractivity contribution in [2.45, 2.75) is 19.3 Å². The van der Waals surface area contributed by atoms with Crippen molar-refractivity contribution in [1.29, 1.82) is 5.26 Å². The van der Waals surface area contributed by atoms with E-state index in [0.29, 0.717) is 5.69 Å². The summed E-state index contributed by atoms with van der Waals surface area (Å²) in [6.45, 7) is 0. The van der Waals surface area contributed by atoms with Crippen LogP contribution < -0.4 is 0 Å². The van der Waals surface area contributed by atoms with Gasteiger partial charge in [0, 0.05) is 5.56 Å². The van der Waals surface area contributed by atoms with E-state index < -0.39 is 0 Å². The van der Waals surface area contributed by atoms with Crippen LogP contribution in [0.5, 0.6) is 0 Å². The third kappa shape index (κ3) is 1.31. The number of hydrogen-bond donors (Lipinski definition) is 1. The van der Waals surface area contributed by atoms with Crippen molar-refractivity contribution in [3.63, 3.8) is 0 Å². The molecule has 0 bridgehead atoms. The Bertz CT molecular complexity index is 575. The van der Waals surface area contributed by atoms with Crippen LogP contribution in [0.15, 0.2) is 24.5 Å². The lowest BCUT2D eigenvalue weighted by molar-refractivity contribution is 0.912. The molecule has 0 atom stereocenters. The molecule has 1 aromatic heterocycles. The number of nitrogens with one attached hydrogen (secondary N) is 1. The highest BCUT2D eigenvalue weighted by Crippen LogP contribution is 2.28. The molecule has 0 spiro atoms. The van der Waals surface area contributed by atoms with Gasteiger partial charge in [-0.1, -0.05) is 12.1 Å². The normalized spacial score (nSPS) is 13.4. The zero-order chi connectivity index (χ0) is 11.0. The van der Waals surface area contributed by atoms with Gasteiger partial charge in [0.05, 0.1) is 12.0 Å². The van der Waals surface area contributed by atoms with E-state index in [-0.39, 0.29) is 0 Å². The SMILES string of the molecule is N#Cc1nc[nH]c1-c1ccc2c(c1)CCC2. The maximum absolute atomic E-state index is 8.93. The maximum atomic E-state index is 8.93. The average molecular weight is 209 g/mol.